The molecule has 4 rings (SSSR count). The number of benzene rings is 2. The molecule has 0 fully saturated rings. The number of ether oxygens (including phenoxy) is 1. The molecule has 1 aromatic heterocycles. The van der Waals surface area contributed by atoms with Crippen LogP contribution in [0, 0.1) is 0 Å². The Bertz CT molecular complexity index is 954. The molecule has 27 heavy (non-hydrogen) atoms. The smallest absolute Gasteiger partial charge is 0.270 e. The first-order valence-electron chi connectivity index (χ1n) is 8.98. The van der Waals surface area contributed by atoms with Crippen molar-refractivity contribution in [3.8, 4) is 5.75 Å². The third kappa shape index (κ3) is 3.49. The van der Waals surface area contributed by atoms with Gasteiger partial charge in [0.2, 0.25) is 0 Å². The Balaban J connectivity index is 1.44. The van der Waals surface area contributed by atoms with Gasteiger partial charge in [-0.3, -0.25) is 4.79 Å². The van der Waals surface area contributed by atoms with Gasteiger partial charge in [-0.25, -0.2) is 4.98 Å². The summed E-state index contributed by atoms with van der Waals surface area (Å²) >= 11 is 0. The maximum atomic E-state index is 12.4. The molecular formula is C22H21N3O2. The standard InChI is InChI=1S/C22H21N3O2/c1-27-21-9-5-3-7-17(21)14-24-22(26)19-11-10-18(15-23-19)25-13-12-16-6-2-4-8-20(16)25/h2-11,15H,12-14H2,1H3,(H,24,26). The number of fused-ring (bicyclic) bond motifs is 1. The van der Waals surface area contributed by atoms with Crippen LogP contribution < -0.4 is 15.0 Å². The molecule has 5 heteroatoms. The molecular weight excluding hydrogens is 338 g/mol. The number of methoxy groups -OCH3 is 1. The van der Waals surface area contributed by atoms with E-state index >= 15 is 0 Å². The lowest BCUT2D eigenvalue weighted by Crippen LogP contribution is -2.24. The molecule has 0 spiro atoms. The third-order valence-corrected chi connectivity index (χ3v) is 4.81. The van der Waals surface area contributed by atoms with E-state index < -0.39 is 0 Å². The highest BCUT2D eigenvalue weighted by molar-refractivity contribution is 5.92. The second-order valence-corrected chi connectivity index (χ2v) is 6.43. The lowest BCUT2D eigenvalue weighted by molar-refractivity contribution is 0.0945. The fourth-order valence-corrected chi connectivity index (χ4v) is 3.40. The van der Waals surface area contributed by atoms with Crippen molar-refractivity contribution in [3.63, 3.8) is 0 Å². The third-order valence-electron chi connectivity index (χ3n) is 4.81. The maximum absolute atomic E-state index is 12.4. The lowest BCUT2D eigenvalue weighted by atomic mass is 10.2. The summed E-state index contributed by atoms with van der Waals surface area (Å²) in [5, 5.41) is 2.90. The second kappa shape index (κ2) is 7.50. The molecule has 1 aliphatic rings. The average Bonchev–Trinajstić information content (AvgIpc) is 3.16. The Kier molecular flexibility index (Phi) is 4.75. The zero-order chi connectivity index (χ0) is 18.6. The van der Waals surface area contributed by atoms with Crippen LogP contribution in [0.15, 0.2) is 66.9 Å². The van der Waals surface area contributed by atoms with Crippen LogP contribution in [0.4, 0.5) is 11.4 Å². The molecule has 1 amide bonds. The van der Waals surface area contributed by atoms with E-state index in [4.69, 9.17) is 4.74 Å². The molecule has 0 saturated carbocycles. The first-order valence-corrected chi connectivity index (χ1v) is 8.98. The van der Waals surface area contributed by atoms with E-state index in [0.29, 0.717) is 12.2 Å². The van der Waals surface area contributed by atoms with Crippen molar-refractivity contribution in [2.75, 3.05) is 18.6 Å². The molecule has 0 unspecified atom stereocenters. The topological polar surface area (TPSA) is 54.5 Å². The van der Waals surface area contributed by atoms with Gasteiger partial charge in [-0.1, -0.05) is 36.4 Å². The minimum atomic E-state index is -0.200. The molecule has 1 aliphatic heterocycles. The quantitative estimate of drug-likeness (QED) is 0.754. The summed E-state index contributed by atoms with van der Waals surface area (Å²) in [6.07, 6.45) is 2.79. The number of amides is 1. The van der Waals surface area contributed by atoms with Crippen molar-refractivity contribution >= 4 is 17.3 Å². The predicted molar refractivity (Wildman–Crippen MR) is 106 cm³/mol. The minimum Gasteiger partial charge on any atom is -0.496 e. The normalized spacial score (nSPS) is 12.6. The number of carbonyl (C=O) groups excluding carboxylic acids is 1. The van der Waals surface area contributed by atoms with E-state index in [-0.39, 0.29) is 5.91 Å². The van der Waals surface area contributed by atoms with Gasteiger partial charge >= 0.3 is 0 Å². The molecule has 2 heterocycles. The van der Waals surface area contributed by atoms with E-state index in [0.717, 1.165) is 30.0 Å². The van der Waals surface area contributed by atoms with Gasteiger partial charge in [-0.05, 0) is 36.2 Å². The molecule has 0 atom stereocenters. The Hall–Kier alpha value is -3.34. The Morgan fingerprint density at radius 1 is 1.11 bits per heavy atom. The highest BCUT2D eigenvalue weighted by Crippen LogP contribution is 2.33. The molecule has 136 valence electrons. The average molecular weight is 359 g/mol. The van der Waals surface area contributed by atoms with E-state index in [2.05, 4.69) is 33.4 Å². The van der Waals surface area contributed by atoms with Crippen molar-refractivity contribution < 1.29 is 9.53 Å². The summed E-state index contributed by atoms with van der Waals surface area (Å²) in [6, 6.07) is 19.7. The highest BCUT2D eigenvalue weighted by atomic mass is 16.5. The van der Waals surface area contributed by atoms with E-state index in [9.17, 15) is 4.79 Å². The predicted octanol–water partition coefficient (Wildman–Crippen LogP) is 3.71. The number of carbonyl (C=O) groups is 1. The van der Waals surface area contributed by atoms with Gasteiger partial charge in [-0.2, -0.15) is 0 Å². The largest absolute Gasteiger partial charge is 0.496 e. The number of para-hydroxylation sites is 2. The van der Waals surface area contributed by atoms with Crippen LogP contribution in [0.1, 0.15) is 21.6 Å². The van der Waals surface area contributed by atoms with Crippen LogP contribution in [0.2, 0.25) is 0 Å². The molecule has 0 saturated heterocycles. The molecule has 0 radical (unpaired) electrons. The van der Waals surface area contributed by atoms with Gasteiger partial charge < -0.3 is 15.0 Å². The maximum Gasteiger partial charge on any atom is 0.270 e. The van der Waals surface area contributed by atoms with Crippen molar-refractivity contribution in [1.82, 2.24) is 10.3 Å². The van der Waals surface area contributed by atoms with Gasteiger partial charge in [0.05, 0.1) is 19.0 Å². The molecule has 5 nitrogen and oxygen atoms in total. The summed E-state index contributed by atoms with van der Waals surface area (Å²) < 4.78 is 5.31. The van der Waals surface area contributed by atoms with Crippen LogP contribution >= 0.6 is 0 Å². The number of hydrogen-bond acceptors (Lipinski definition) is 4. The number of rotatable bonds is 5. The van der Waals surface area contributed by atoms with Crippen molar-refractivity contribution in [2.24, 2.45) is 0 Å². The van der Waals surface area contributed by atoms with Crippen molar-refractivity contribution in [1.29, 1.82) is 0 Å². The summed E-state index contributed by atoms with van der Waals surface area (Å²) in [5.74, 6) is 0.558. The Labute approximate surface area is 158 Å². The van der Waals surface area contributed by atoms with Gasteiger partial charge in [0.1, 0.15) is 11.4 Å². The van der Waals surface area contributed by atoms with Crippen LogP contribution in [0.25, 0.3) is 0 Å². The lowest BCUT2D eigenvalue weighted by Gasteiger charge is -2.19. The molecule has 0 bridgehead atoms. The Morgan fingerprint density at radius 3 is 2.74 bits per heavy atom. The summed E-state index contributed by atoms with van der Waals surface area (Å²) in [7, 11) is 1.62. The van der Waals surface area contributed by atoms with Crippen LogP contribution in [0.5, 0.6) is 5.75 Å². The van der Waals surface area contributed by atoms with Gasteiger partial charge in [0, 0.05) is 24.3 Å². The van der Waals surface area contributed by atoms with E-state index in [1.165, 1.54) is 11.3 Å². The van der Waals surface area contributed by atoms with Crippen molar-refractivity contribution in [3.05, 3.63) is 83.7 Å². The number of nitrogens with zero attached hydrogens (tertiary/aromatic N) is 2. The second-order valence-electron chi connectivity index (χ2n) is 6.43. The summed E-state index contributed by atoms with van der Waals surface area (Å²) in [5.41, 5.74) is 4.89. The van der Waals surface area contributed by atoms with Gasteiger partial charge in [-0.15, -0.1) is 0 Å². The van der Waals surface area contributed by atoms with E-state index in [1.54, 1.807) is 19.4 Å². The molecule has 0 aliphatic carbocycles. The SMILES string of the molecule is COc1ccccc1CNC(=O)c1ccc(N2CCc3ccccc32)cn1. The van der Waals surface area contributed by atoms with Crippen LogP contribution in [-0.4, -0.2) is 24.5 Å². The number of hydrogen-bond donors (Lipinski definition) is 1. The fraction of sp³-hybridized carbons (Fsp3) is 0.182. The number of anilines is 2. The van der Waals surface area contributed by atoms with E-state index in [1.807, 2.05) is 36.4 Å². The molecule has 3 aromatic rings. The van der Waals surface area contributed by atoms with Gasteiger partial charge in [0.25, 0.3) is 5.91 Å². The number of aromatic nitrogens is 1. The molecule has 1 N–H and O–H groups in total. The summed E-state index contributed by atoms with van der Waals surface area (Å²) in [4.78, 5) is 19.0. The van der Waals surface area contributed by atoms with Crippen LogP contribution in [-0.2, 0) is 13.0 Å². The number of pyridine rings is 1. The zero-order valence-electron chi connectivity index (χ0n) is 15.2. The Morgan fingerprint density at radius 2 is 1.93 bits per heavy atom. The minimum absolute atomic E-state index is 0.200. The first-order chi connectivity index (χ1) is 13.3. The highest BCUT2D eigenvalue weighted by Gasteiger charge is 2.20. The first kappa shape index (κ1) is 17.1. The molecule has 2 aromatic carbocycles. The van der Waals surface area contributed by atoms with Crippen molar-refractivity contribution in [2.45, 2.75) is 13.0 Å². The monoisotopic (exact) mass is 359 g/mol. The zero-order valence-corrected chi connectivity index (χ0v) is 15.2. The summed E-state index contributed by atoms with van der Waals surface area (Å²) in [6.45, 7) is 1.33. The van der Waals surface area contributed by atoms with Crippen LogP contribution in [0.3, 0.4) is 0 Å². The van der Waals surface area contributed by atoms with Gasteiger partial charge in [0.15, 0.2) is 0 Å². The fourth-order valence-electron chi connectivity index (χ4n) is 3.40. The number of nitrogens with one attached hydrogen (secondary N) is 1.